The standard InChI is InChI=1S/C14H29N3/c1-4-16-8-5-13(6-9-16)11-17-10-7-15-14(2,3)12-17/h13,15H,4-12H2,1-3H3. The number of rotatable bonds is 3. The summed E-state index contributed by atoms with van der Waals surface area (Å²) in [4.78, 5) is 5.25. The molecule has 2 aliphatic heterocycles. The maximum atomic E-state index is 3.59. The molecule has 2 heterocycles. The van der Waals surface area contributed by atoms with Gasteiger partial charge in [0.15, 0.2) is 0 Å². The molecule has 0 unspecified atom stereocenters. The smallest absolute Gasteiger partial charge is 0.0252 e. The highest BCUT2D eigenvalue weighted by Gasteiger charge is 2.28. The Morgan fingerprint density at radius 2 is 1.82 bits per heavy atom. The zero-order chi connectivity index (χ0) is 12.3. The molecule has 0 aliphatic carbocycles. The number of piperidine rings is 1. The van der Waals surface area contributed by atoms with Gasteiger partial charge in [0.1, 0.15) is 0 Å². The molecule has 2 rings (SSSR count). The summed E-state index contributed by atoms with van der Waals surface area (Å²) in [5.74, 6) is 0.937. The second kappa shape index (κ2) is 5.68. The van der Waals surface area contributed by atoms with E-state index in [2.05, 4.69) is 35.9 Å². The predicted molar refractivity (Wildman–Crippen MR) is 73.4 cm³/mol. The largest absolute Gasteiger partial charge is 0.309 e. The van der Waals surface area contributed by atoms with Gasteiger partial charge in [-0.25, -0.2) is 0 Å². The van der Waals surface area contributed by atoms with Gasteiger partial charge in [-0.05, 0) is 52.2 Å². The van der Waals surface area contributed by atoms with Crippen molar-refractivity contribution in [2.45, 2.75) is 39.2 Å². The van der Waals surface area contributed by atoms with Gasteiger partial charge in [0.2, 0.25) is 0 Å². The summed E-state index contributed by atoms with van der Waals surface area (Å²) < 4.78 is 0. The highest BCUT2D eigenvalue weighted by Crippen LogP contribution is 2.20. The van der Waals surface area contributed by atoms with E-state index in [1.807, 2.05) is 0 Å². The fraction of sp³-hybridized carbons (Fsp3) is 1.00. The Labute approximate surface area is 107 Å². The lowest BCUT2D eigenvalue weighted by molar-refractivity contribution is 0.106. The predicted octanol–water partition coefficient (Wildman–Crippen LogP) is 1.40. The lowest BCUT2D eigenvalue weighted by Gasteiger charge is -2.41. The van der Waals surface area contributed by atoms with Crippen molar-refractivity contribution in [2.24, 2.45) is 5.92 Å². The van der Waals surface area contributed by atoms with Crippen LogP contribution in [0.15, 0.2) is 0 Å². The van der Waals surface area contributed by atoms with Crippen molar-refractivity contribution in [1.29, 1.82) is 0 Å². The first kappa shape index (κ1) is 13.3. The summed E-state index contributed by atoms with van der Waals surface area (Å²) in [5, 5.41) is 3.59. The van der Waals surface area contributed by atoms with E-state index in [0.717, 1.165) is 12.5 Å². The molecule has 0 spiro atoms. The van der Waals surface area contributed by atoms with Gasteiger partial charge < -0.3 is 10.2 Å². The fourth-order valence-corrected chi connectivity index (χ4v) is 3.25. The third kappa shape index (κ3) is 3.94. The van der Waals surface area contributed by atoms with Gasteiger partial charge in [-0.15, -0.1) is 0 Å². The lowest BCUT2D eigenvalue weighted by atomic mass is 9.94. The molecule has 0 aromatic rings. The topological polar surface area (TPSA) is 18.5 Å². The van der Waals surface area contributed by atoms with Crippen molar-refractivity contribution in [2.75, 3.05) is 45.8 Å². The van der Waals surface area contributed by atoms with Gasteiger partial charge >= 0.3 is 0 Å². The number of likely N-dealkylation sites (tertiary alicyclic amines) is 1. The molecule has 2 fully saturated rings. The third-order valence-corrected chi connectivity index (χ3v) is 4.32. The summed E-state index contributed by atoms with van der Waals surface area (Å²) >= 11 is 0. The average molecular weight is 239 g/mol. The Balaban J connectivity index is 1.74. The van der Waals surface area contributed by atoms with Crippen LogP contribution in [-0.4, -0.2) is 61.2 Å². The van der Waals surface area contributed by atoms with E-state index in [1.165, 1.54) is 52.1 Å². The normalized spacial score (nSPS) is 28.4. The maximum absolute atomic E-state index is 3.59. The van der Waals surface area contributed by atoms with E-state index in [4.69, 9.17) is 0 Å². The van der Waals surface area contributed by atoms with Gasteiger partial charge in [0.25, 0.3) is 0 Å². The Morgan fingerprint density at radius 3 is 2.41 bits per heavy atom. The summed E-state index contributed by atoms with van der Waals surface area (Å²) in [6.07, 6.45) is 2.80. The molecule has 0 aromatic heterocycles. The van der Waals surface area contributed by atoms with Crippen LogP contribution in [0.1, 0.15) is 33.6 Å². The zero-order valence-electron chi connectivity index (χ0n) is 11.8. The Morgan fingerprint density at radius 1 is 1.12 bits per heavy atom. The number of hydrogen-bond acceptors (Lipinski definition) is 3. The summed E-state index contributed by atoms with van der Waals surface area (Å²) in [7, 11) is 0. The first-order valence-corrected chi connectivity index (χ1v) is 7.29. The van der Waals surface area contributed by atoms with Crippen LogP contribution in [0.2, 0.25) is 0 Å². The molecule has 0 bridgehead atoms. The average Bonchev–Trinajstić information content (AvgIpc) is 2.29. The van der Waals surface area contributed by atoms with Crippen LogP contribution in [0.5, 0.6) is 0 Å². The molecule has 17 heavy (non-hydrogen) atoms. The number of nitrogens with zero attached hydrogens (tertiary/aromatic N) is 2. The van der Waals surface area contributed by atoms with Crippen LogP contribution in [0.4, 0.5) is 0 Å². The van der Waals surface area contributed by atoms with Crippen LogP contribution in [0.25, 0.3) is 0 Å². The van der Waals surface area contributed by atoms with Gasteiger partial charge in [-0.3, -0.25) is 4.90 Å². The molecule has 0 atom stereocenters. The molecular formula is C14H29N3. The van der Waals surface area contributed by atoms with E-state index < -0.39 is 0 Å². The zero-order valence-corrected chi connectivity index (χ0v) is 11.8. The van der Waals surface area contributed by atoms with Crippen LogP contribution < -0.4 is 5.32 Å². The van der Waals surface area contributed by atoms with E-state index in [9.17, 15) is 0 Å². The van der Waals surface area contributed by atoms with Crippen molar-refractivity contribution in [3.63, 3.8) is 0 Å². The highest BCUT2D eigenvalue weighted by molar-refractivity contribution is 4.88. The van der Waals surface area contributed by atoms with E-state index >= 15 is 0 Å². The first-order valence-electron chi connectivity index (χ1n) is 7.29. The Bertz CT molecular complexity index is 232. The monoisotopic (exact) mass is 239 g/mol. The van der Waals surface area contributed by atoms with Crippen molar-refractivity contribution < 1.29 is 0 Å². The number of hydrogen-bond donors (Lipinski definition) is 1. The molecule has 0 radical (unpaired) electrons. The van der Waals surface area contributed by atoms with Crippen molar-refractivity contribution >= 4 is 0 Å². The summed E-state index contributed by atoms with van der Waals surface area (Å²) in [6, 6.07) is 0. The Kier molecular flexibility index (Phi) is 4.45. The van der Waals surface area contributed by atoms with Gasteiger partial charge in [-0.2, -0.15) is 0 Å². The van der Waals surface area contributed by atoms with Gasteiger partial charge in [0.05, 0.1) is 0 Å². The minimum atomic E-state index is 0.308. The second-order valence-corrected chi connectivity index (χ2v) is 6.42. The third-order valence-electron chi connectivity index (χ3n) is 4.32. The quantitative estimate of drug-likeness (QED) is 0.803. The SMILES string of the molecule is CCN1CCC(CN2CCNC(C)(C)C2)CC1. The van der Waals surface area contributed by atoms with E-state index in [-0.39, 0.29) is 0 Å². The van der Waals surface area contributed by atoms with Crippen LogP contribution in [0.3, 0.4) is 0 Å². The maximum Gasteiger partial charge on any atom is 0.0252 e. The van der Waals surface area contributed by atoms with Crippen LogP contribution in [0, 0.1) is 5.92 Å². The van der Waals surface area contributed by atoms with Crippen LogP contribution >= 0.6 is 0 Å². The molecule has 2 saturated heterocycles. The van der Waals surface area contributed by atoms with Crippen molar-refractivity contribution in [1.82, 2.24) is 15.1 Å². The molecule has 100 valence electrons. The van der Waals surface area contributed by atoms with Crippen molar-refractivity contribution in [3.8, 4) is 0 Å². The molecule has 2 aliphatic rings. The summed E-state index contributed by atoms with van der Waals surface area (Å²) in [6.45, 7) is 15.7. The van der Waals surface area contributed by atoms with Crippen LogP contribution in [-0.2, 0) is 0 Å². The molecule has 1 N–H and O–H groups in total. The summed E-state index contributed by atoms with van der Waals surface area (Å²) in [5.41, 5.74) is 0.308. The minimum Gasteiger partial charge on any atom is -0.309 e. The number of piperazine rings is 1. The van der Waals surface area contributed by atoms with E-state index in [1.54, 1.807) is 0 Å². The van der Waals surface area contributed by atoms with Gasteiger partial charge in [-0.1, -0.05) is 6.92 Å². The lowest BCUT2D eigenvalue weighted by Crippen LogP contribution is -2.58. The molecular weight excluding hydrogens is 210 g/mol. The minimum absolute atomic E-state index is 0.308. The Hall–Kier alpha value is -0.120. The van der Waals surface area contributed by atoms with Gasteiger partial charge in [0, 0.05) is 31.7 Å². The first-order chi connectivity index (χ1) is 8.09. The molecule has 3 nitrogen and oxygen atoms in total. The number of nitrogens with one attached hydrogen (secondary N) is 1. The van der Waals surface area contributed by atoms with Crippen molar-refractivity contribution in [3.05, 3.63) is 0 Å². The molecule has 3 heteroatoms. The molecule has 0 aromatic carbocycles. The fourth-order valence-electron chi connectivity index (χ4n) is 3.25. The second-order valence-electron chi connectivity index (χ2n) is 6.42. The highest BCUT2D eigenvalue weighted by atomic mass is 15.2. The van der Waals surface area contributed by atoms with E-state index in [0.29, 0.717) is 5.54 Å². The molecule has 0 amide bonds. The molecule has 0 saturated carbocycles.